The number of nitrogen functional groups attached to an aromatic ring is 1. The molecule has 136 valence electrons. The Morgan fingerprint density at radius 2 is 2.08 bits per heavy atom. The van der Waals surface area contributed by atoms with Crippen molar-refractivity contribution in [3.63, 3.8) is 0 Å². The summed E-state index contributed by atoms with van der Waals surface area (Å²) in [6.07, 6.45) is 6.70. The predicted octanol–water partition coefficient (Wildman–Crippen LogP) is 0.579. The van der Waals surface area contributed by atoms with Crippen LogP contribution in [0.25, 0.3) is 11.0 Å². The van der Waals surface area contributed by atoms with Gasteiger partial charge in [-0.1, -0.05) is 6.08 Å². The van der Waals surface area contributed by atoms with E-state index in [1.54, 1.807) is 6.92 Å². The third kappa shape index (κ3) is 3.18. The fourth-order valence-corrected chi connectivity index (χ4v) is 4.17. The SMILES string of the molecule is CCOC1=C/C(=C/c2c(N)n3c(S(C)(=O)=O)nsc3nc2=O)C=CC1=O. The highest BCUT2D eigenvalue weighted by Crippen LogP contribution is 2.22. The molecule has 26 heavy (non-hydrogen) atoms. The molecule has 0 radical (unpaired) electrons. The number of anilines is 1. The van der Waals surface area contributed by atoms with E-state index in [2.05, 4.69) is 9.36 Å². The van der Waals surface area contributed by atoms with Crippen molar-refractivity contribution in [2.24, 2.45) is 0 Å². The Labute approximate surface area is 152 Å². The second-order valence-electron chi connectivity index (χ2n) is 5.35. The third-order valence-electron chi connectivity index (χ3n) is 3.44. The fraction of sp³-hybridized carbons (Fsp3) is 0.200. The molecule has 0 amide bonds. The highest BCUT2D eigenvalue weighted by atomic mass is 32.2. The van der Waals surface area contributed by atoms with Crippen LogP contribution in [0.3, 0.4) is 0 Å². The molecule has 0 saturated heterocycles. The zero-order valence-electron chi connectivity index (χ0n) is 13.8. The van der Waals surface area contributed by atoms with Crippen LogP contribution in [0, 0.1) is 0 Å². The van der Waals surface area contributed by atoms with Crippen LogP contribution in [0.2, 0.25) is 0 Å². The molecule has 0 aliphatic heterocycles. The number of carbonyl (C=O) groups is 1. The molecule has 9 nitrogen and oxygen atoms in total. The summed E-state index contributed by atoms with van der Waals surface area (Å²) in [7, 11) is -3.67. The topological polar surface area (TPSA) is 134 Å². The molecule has 2 aromatic heterocycles. The van der Waals surface area contributed by atoms with Gasteiger partial charge in [-0.3, -0.25) is 9.59 Å². The number of aromatic nitrogens is 3. The number of ether oxygens (including phenoxy) is 1. The van der Waals surface area contributed by atoms with Gasteiger partial charge < -0.3 is 10.5 Å². The van der Waals surface area contributed by atoms with Crippen LogP contribution in [0.1, 0.15) is 12.5 Å². The number of nitrogens with zero attached hydrogens (tertiary/aromatic N) is 3. The molecule has 0 bridgehead atoms. The molecule has 0 unspecified atom stereocenters. The molecule has 0 saturated carbocycles. The third-order valence-corrected chi connectivity index (χ3v) is 5.20. The maximum absolute atomic E-state index is 12.3. The molecule has 1 aliphatic rings. The summed E-state index contributed by atoms with van der Waals surface area (Å²) in [5, 5.41) is -0.290. The zero-order valence-corrected chi connectivity index (χ0v) is 15.4. The van der Waals surface area contributed by atoms with Crippen molar-refractivity contribution in [2.75, 3.05) is 18.6 Å². The quantitative estimate of drug-likeness (QED) is 0.796. The fourth-order valence-electron chi connectivity index (χ4n) is 2.32. The lowest BCUT2D eigenvalue weighted by Gasteiger charge is -2.10. The van der Waals surface area contributed by atoms with Crippen LogP contribution >= 0.6 is 11.5 Å². The van der Waals surface area contributed by atoms with E-state index in [1.165, 1.54) is 24.3 Å². The minimum absolute atomic E-state index is 0.00584. The van der Waals surface area contributed by atoms with E-state index in [0.717, 1.165) is 22.2 Å². The van der Waals surface area contributed by atoms with Crippen molar-refractivity contribution in [3.8, 4) is 0 Å². The summed E-state index contributed by atoms with van der Waals surface area (Å²) in [5.41, 5.74) is 5.89. The Hall–Kier alpha value is -2.79. The van der Waals surface area contributed by atoms with Gasteiger partial charge >= 0.3 is 0 Å². The molecule has 0 atom stereocenters. The van der Waals surface area contributed by atoms with E-state index in [1.807, 2.05) is 0 Å². The first kappa shape index (κ1) is 18.0. The van der Waals surface area contributed by atoms with Gasteiger partial charge in [-0.25, -0.2) is 12.8 Å². The number of nitrogens with two attached hydrogens (primary N) is 1. The Morgan fingerprint density at radius 3 is 2.73 bits per heavy atom. The van der Waals surface area contributed by atoms with Gasteiger partial charge in [-0.2, -0.15) is 9.36 Å². The van der Waals surface area contributed by atoms with Crippen LogP contribution in [-0.2, 0) is 19.4 Å². The van der Waals surface area contributed by atoms with Gasteiger partial charge in [-0.15, -0.1) is 0 Å². The summed E-state index contributed by atoms with van der Waals surface area (Å²) in [4.78, 5) is 27.9. The summed E-state index contributed by atoms with van der Waals surface area (Å²) in [6, 6.07) is 0. The number of hydrogen-bond acceptors (Lipinski definition) is 9. The molecule has 0 spiro atoms. The van der Waals surface area contributed by atoms with E-state index >= 15 is 0 Å². The van der Waals surface area contributed by atoms with Crippen LogP contribution < -0.4 is 11.3 Å². The predicted molar refractivity (Wildman–Crippen MR) is 96.5 cm³/mol. The molecule has 0 fully saturated rings. The number of allylic oxidation sites excluding steroid dienone is 4. The first-order valence-electron chi connectivity index (χ1n) is 7.39. The van der Waals surface area contributed by atoms with Crippen molar-refractivity contribution in [1.29, 1.82) is 0 Å². The van der Waals surface area contributed by atoms with E-state index in [9.17, 15) is 18.0 Å². The van der Waals surface area contributed by atoms with Crippen molar-refractivity contribution in [1.82, 2.24) is 13.8 Å². The van der Waals surface area contributed by atoms with Crippen LogP contribution in [0.15, 0.2) is 39.5 Å². The van der Waals surface area contributed by atoms with Crippen LogP contribution in [-0.4, -0.2) is 40.8 Å². The molecule has 2 heterocycles. The number of carbonyl (C=O) groups excluding carboxylic acids is 1. The Balaban J connectivity index is 2.22. The highest BCUT2D eigenvalue weighted by Gasteiger charge is 2.21. The van der Waals surface area contributed by atoms with Gasteiger partial charge in [0.15, 0.2) is 5.76 Å². The normalized spacial score (nSPS) is 16.3. The lowest BCUT2D eigenvalue weighted by Crippen LogP contribution is -2.18. The number of rotatable bonds is 4. The first-order chi connectivity index (χ1) is 12.2. The maximum atomic E-state index is 12.3. The zero-order chi connectivity index (χ0) is 19.1. The summed E-state index contributed by atoms with van der Waals surface area (Å²) < 4.78 is 33.9. The van der Waals surface area contributed by atoms with Gasteiger partial charge in [0.1, 0.15) is 5.82 Å². The van der Waals surface area contributed by atoms with Crippen molar-refractivity contribution >= 4 is 44.0 Å². The van der Waals surface area contributed by atoms with Gasteiger partial charge in [0.25, 0.3) is 5.56 Å². The Kier molecular flexibility index (Phi) is 4.50. The summed E-state index contributed by atoms with van der Waals surface area (Å²) >= 11 is 0.763. The smallest absolute Gasteiger partial charge is 0.283 e. The largest absolute Gasteiger partial charge is 0.490 e. The number of ketones is 1. The van der Waals surface area contributed by atoms with E-state index in [4.69, 9.17) is 10.5 Å². The van der Waals surface area contributed by atoms with Gasteiger partial charge in [0.05, 0.1) is 12.2 Å². The molecule has 2 aromatic rings. The number of sulfone groups is 1. The lowest BCUT2D eigenvalue weighted by molar-refractivity contribution is -0.114. The van der Waals surface area contributed by atoms with Crippen LogP contribution in [0.5, 0.6) is 0 Å². The first-order valence-corrected chi connectivity index (χ1v) is 10.1. The van der Waals surface area contributed by atoms with E-state index in [0.29, 0.717) is 12.2 Å². The molecule has 11 heteroatoms. The monoisotopic (exact) mass is 394 g/mol. The molecular formula is C15H14N4O5S2. The number of hydrogen-bond donors (Lipinski definition) is 1. The van der Waals surface area contributed by atoms with Crippen LogP contribution in [0.4, 0.5) is 5.82 Å². The average molecular weight is 394 g/mol. The molecule has 1 aliphatic carbocycles. The van der Waals surface area contributed by atoms with Gasteiger partial charge in [0, 0.05) is 17.8 Å². The standard InChI is InChI=1S/C15H14N4O5S2/c1-3-24-11-7-8(4-5-10(11)20)6-9-12(16)19-14(17-13(9)21)25-18-15(19)26(2,22)23/h4-7H,3,16H2,1-2H3/b8-6+. The Morgan fingerprint density at radius 1 is 1.35 bits per heavy atom. The average Bonchev–Trinajstić information content (AvgIpc) is 2.98. The van der Waals surface area contributed by atoms with E-state index in [-0.39, 0.29) is 33.0 Å². The van der Waals surface area contributed by atoms with Gasteiger partial charge in [0.2, 0.25) is 25.7 Å². The second-order valence-corrected chi connectivity index (χ2v) is 7.99. The Bertz CT molecular complexity index is 1170. The summed E-state index contributed by atoms with van der Waals surface area (Å²) in [6.45, 7) is 2.06. The van der Waals surface area contributed by atoms with Crippen molar-refractivity contribution in [2.45, 2.75) is 12.1 Å². The van der Waals surface area contributed by atoms with Crippen molar-refractivity contribution in [3.05, 3.63) is 45.5 Å². The second kappa shape index (κ2) is 6.50. The minimum Gasteiger partial charge on any atom is -0.490 e. The molecule has 3 rings (SSSR count). The van der Waals surface area contributed by atoms with Gasteiger partial charge in [-0.05, 0) is 30.7 Å². The lowest BCUT2D eigenvalue weighted by atomic mass is 10.0. The highest BCUT2D eigenvalue weighted by molar-refractivity contribution is 7.90. The molecular weight excluding hydrogens is 380 g/mol. The maximum Gasteiger partial charge on any atom is 0.283 e. The molecule has 0 aromatic carbocycles. The number of fused-ring (bicyclic) bond motifs is 1. The molecule has 2 N–H and O–H groups in total. The van der Waals surface area contributed by atoms with E-state index < -0.39 is 15.4 Å². The minimum atomic E-state index is -3.67. The van der Waals surface area contributed by atoms with Crippen molar-refractivity contribution < 1.29 is 17.9 Å². The summed E-state index contributed by atoms with van der Waals surface area (Å²) in [5.74, 6) is -0.245.